The molecule has 8 heteroatoms. The molecule has 0 saturated carbocycles. The van der Waals surface area contributed by atoms with E-state index in [1.54, 1.807) is 5.51 Å². The number of pyridine rings is 1. The van der Waals surface area contributed by atoms with Gasteiger partial charge in [0, 0.05) is 36.8 Å². The standard InChI is InChI=1S/C23H22F3N3OS/c1-15-21(31-14-27-15)22(30)29-11-9-17(10-12-29)20-4-2-3-19(28-20)13-16-5-7-18(8-6-16)23(24,25)26/h2-8,14,17H,9-13H2,1H3. The monoisotopic (exact) mass is 445 g/mol. The van der Waals surface area contributed by atoms with Gasteiger partial charge in [0.2, 0.25) is 0 Å². The SMILES string of the molecule is Cc1ncsc1C(=O)N1CCC(c2cccc(Cc3ccc(C(F)(F)F)cc3)n2)CC1. The Balaban J connectivity index is 1.39. The van der Waals surface area contributed by atoms with Crippen LogP contribution in [0.3, 0.4) is 0 Å². The first kappa shape index (κ1) is 21.5. The molecule has 31 heavy (non-hydrogen) atoms. The van der Waals surface area contributed by atoms with E-state index < -0.39 is 11.7 Å². The molecule has 1 fully saturated rings. The molecule has 0 spiro atoms. The summed E-state index contributed by atoms with van der Waals surface area (Å²) in [5, 5.41) is 0. The second-order valence-corrected chi connectivity index (χ2v) is 8.61. The molecule has 1 saturated heterocycles. The van der Waals surface area contributed by atoms with E-state index >= 15 is 0 Å². The molecule has 0 unspecified atom stereocenters. The summed E-state index contributed by atoms with van der Waals surface area (Å²) in [5.74, 6) is 0.307. The van der Waals surface area contributed by atoms with Crippen LogP contribution in [-0.4, -0.2) is 33.9 Å². The number of alkyl halides is 3. The largest absolute Gasteiger partial charge is 0.416 e. The van der Waals surface area contributed by atoms with Gasteiger partial charge in [0.15, 0.2) is 0 Å². The molecule has 4 rings (SSSR count). The molecule has 0 bridgehead atoms. The van der Waals surface area contributed by atoms with E-state index in [1.165, 1.54) is 23.5 Å². The fourth-order valence-electron chi connectivity index (χ4n) is 3.87. The first-order valence-electron chi connectivity index (χ1n) is 10.1. The maximum absolute atomic E-state index is 12.7. The highest BCUT2D eigenvalue weighted by Crippen LogP contribution is 2.30. The Morgan fingerprint density at radius 2 is 1.84 bits per heavy atom. The molecule has 4 nitrogen and oxygen atoms in total. The van der Waals surface area contributed by atoms with Gasteiger partial charge in [-0.15, -0.1) is 11.3 Å². The van der Waals surface area contributed by atoms with Gasteiger partial charge >= 0.3 is 6.18 Å². The van der Waals surface area contributed by atoms with Gasteiger partial charge in [-0.3, -0.25) is 9.78 Å². The van der Waals surface area contributed by atoms with Crippen molar-refractivity contribution < 1.29 is 18.0 Å². The number of likely N-dealkylation sites (tertiary alicyclic amines) is 1. The smallest absolute Gasteiger partial charge is 0.338 e. The quantitative estimate of drug-likeness (QED) is 0.535. The topological polar surface area (TPSA) is 46.1 Å². The normalized spacial score (nSPS) is 15.3. The molecule has 1 aliphatic rings. The van der Waals surface area contributed by atoms with Gasteiger partial charge in [-0.05, 0) is 49.6 Å². The molecule has 0 radical (unpaired) electrons. The van der Waals surface area contributed by atoms with Crippen molar-refractivity contribution in [1.82, 2.24) is 14.9 Å². The first-order valence-corrected chi connectivity index (χ1v) is 11.0. The number of piperidine rings is 1. The summed E-state index contributed by atoms with van der Waals surface area (Å²) in [4.78, 5) is 24.2. The average molecular weight is 446 g/mol. The van der Waals surface area contributed by atoms with Gasteiger partial charge in [0.05, 0.1) is 16.8 Å². The van der Waals surface area contributed by atoms with Crippen molar-refractivity contribution in [3.8, 4) is 0 Å². The summed E-state index contributed by atoms with van der Waals surface area (Å²) >= 11 is 1.38. The molecule has 1 amide bonds. The lowest BCUT2D eigenvalue weighted by molar-refractivity contribution is -0.137. The minimum absolute atomic E-state index is 0.0439. The molecule has 0 atom stereocenters. The maximum Gasteiger partial charge on any atom is 0.416 e. The van der Waals surface area contributed by atoms with Crippen LogP contribution in [0.25, 0.3) is 0 Å². The van der Waals surface area contributed by atoms with Crippen LogP contribution in [0.1, 0.15) is 56.6 Å². The first-order chi connectivity index (χ1) is 14.8. The molecule has 0 N–H and O–H groups in total. The number of carbonyl (C=O) groups excluding carboxylic acids is 1. The lowest BCUT2D eigenvalue weighted by atomic mass is 9.92. The number of rotatable bonds is 4. The molecule has 1 aromatic carbocycles. The van der Waals surface area contributed by atoms with Crippen LogP contribution in [-0.2, 0) is 12.6 Å². The predicted octanol–water partition coefficient (Wildman–Crippen LogP) is 5.48. The Hall–Kier alpha value is -2.74. The summed E-state index contributed by atoms with van der Waals surface area (Å²) in [5.41, 5.74) is 4.42. The van der Waals surface area contributed by atoms with Gasteiger partial charge in [-0.25, -0.2) is 4.98 Å². The molecular formula is C23H22F3N3OS. The zero-order valence-corrected chi connectivity index (χ0v) is 17.8. The van der Waals surface area contributed by atoms with E-state index in [0.29, 0.717) is 24.4 Å². The van der Waals surface area contributed by atoms with Gasteiger partial charge in [-0.2, -0.15) is 13.2 Å². The summed E-state index contributed by atoms with van der Waals surface area (Å²) in [7, 11) is 0. The Kier molecular flexibility index (Phi) is 6.09. The van der Waals surface area contributed by atoms with E-state index in [1.807, 2.05) is 30.0 Å². The van der Waals surface area contributed by atoms with Crippen LogP contribution >= 0.6 is 11.3 Å². The summed E-state index contributed by atoms with van der Waals surface area (Å²) in [6, 6.07) is 11.1. The minimum Gasteiger partial charge on any atom is -0.338 e. The Morgan fingerprint density at radius 3 is 2.45 bits per heavy atom. The number of thiazole rings is 1. The molecule has 2 aromatic heterocycles. The summed E-state index contributed by atoms with van der Waals surface area (Å²) in [6.45, 7) is 3.19. The number of amides is 1. The van der Waals surface area contributed by atoms with Crippen molar-refractivity contribution in [2.45, 2.75) is 38.3 Å². The molecule has 3 heterocycles. The van der Waals surface area contributed by atoms with Crippen LogP contribution in [0.4, 0.5) is 13.2 Å². The van der Waals surface area contributed by atoms with E-state index in [0.717, 1.165) is 47.6 Å². The Labute approximate surface area is 182 Å². The lowest BCUT2D eigenvalue weighted by Crippen LogP contribution is -2.38. The number of benzene rings is 1. The predicted molar refractivity (Wildman–Crippen MR) is 113 cm³/mol. The van der Waals surface area contributed by atoms with Crippen molar-refractivity contribution in [2.75, 3.05) is 13.1 Å². The van der Waals surface area contributed by atoms with Gasteiger partial charge in [-0.1, -0.05) is 18.2 Å². The van der Waals surface area contributed by atoms with Crippen LogP contribution in [0.15, 0.2) is 48.0 Å². The van der Waals surface area contributed by atoms with Crippen molar-refractivity contribution in [2.24, 2.45) is 0 Å². The van der Waals surface area contributed by atoms with Gasteiger partial charge < -0.3 is 4.90 Å². The number of halogens is 3. The highest BCUT2D eigenvalue weighted by atomic mass is 32.1. The van der Waals surface area contributed by atoms with Crippen LogP contribution in [0.5, 0.6) is 0 Å². The van der Waals surface area contributed by atoms with Crippen molar-refractivity contribution >= 4 is 17.2 Å². The summed E-state index contributed by atoms with van der Waals surface area (Å²) in [6.07, 6.45) is -2.18. The van der Waals surface area contributed by atoms with Crippen LogP contribution in [0.2, 0.25) is 0 Å². The highest BCUT2D eigenvalue weighted by Gasteiger charge is 2.30. The molecular weight excluding hydrogens is 423 g/mol. The zero-order chi connectivity index (χ0) is 22.0. The highest BCUT2D eigenvalue weighted by molar-refractivity contribution is 7.11. The maximum atomic E-state index is 12.7. The third kappa shape index (κ3) is 4.95. The van der Waals surface area contributed by atoms with Gasteiger partial charge in [0.1, 0.15) is 4.88 Å². The fourth-order valence-corrected chi connectivity index (χ4v) is 4.64. The van der Waals surface area contributed by atoms with Crippen LogP contribution < -0.4 is 0 Å². The number of aromatic nitrogens is 2. The third-order valence-corrected chi connectivity index (χ3v) is 6.55. The van der Waals surface area contributed by atoms with E-state index in [-0.39, 0.29) is 11.8 Å². The Morgan fingerprint density at radius 1 is 1.13 bits per heavy atom. The van der Waals surface area contributed by atoms with E-state index in [4.69, 9.17) is 4.98 Å². The van der Waals surface area contributed by atoms with E-state index in [2.05, 4.69) is 4.98 Å². The summed E-state index contributed by atoms with van der Waals surface area (Å²) < 4.78 is 38.2. The molecule has 0 aliphatic carbocycles. The second-order valence-electron chi connectivity index (χ2n) is 7.76. The number of aryl methyl sites for hydroxylation is 1. The van der Waals surface area contributed by atoms with Gasteiger partial charge in [0.25, 0.3) is 5.91 Å². The number of hydrogen-bond acceptors (Lipinski definition) is 4. The van der Waals surface area contributed by atoms with Crippen molar-refractivity contribution in [3.05, 3.63) is 81.1 Å². The Bertz CT molecular complexity index is 1050. The van der Waals surface area contributed by atoms with Crippen molar-refractivity contribution in [1.29, 1.82) is 0 Å². The fraction of sp³-hybridized carbons (Fsp3) is 0.348. The number of nitrogens with zero attached hydrogens (tertiary/aromatic N) is 3. The van der Waals surface area contributed by atoms with Crippen LogP contribution in [0, 0.1) is 6.92 Å². The third-order valence-electron chi connectivity index (χ3n) is 5.64. The molecule has 1 aliphatic heterocycles. The number of carbonyl (C=O) groups is 1. The second kappa shape index (κ2) is 8.78. The average Bonchev–Trinajstić information content (AvgIpc) is 3.19. The lowest BCUT2D eigenvalue weighted by Gasteiger charge is -2.31. The minimum atomic E-state index is -4.33. The van der Waals surface area contributed by atoms with Crippen molar-refractivity contribution in [3.63, 3.8) is 0 Å². The zero-order valence-electron chi connectivity index (χ0n) is 17.0. The molecule has 3 aromatic rings. The molecule has 162 valence electrons. The van der Waals surface area contributed by atoms with E-state index in [9.17, 15) is 18.0 Å². The number of hydrogen-bond donors (Lipinski definition) is 0.